The number of carbonyl (C=O) groups excluding carboxylic acids is 1. The van der Waals surface area contributed by atoms with Gasteiger partial charge in [-0.15, -0.1) is 11.3 Å². The predicted octanol–water partition coefficient (Wildman–Crippen LogP) is 3.94. The number of carbonyl (C=O) groups is 1. The lowest BCUT2D eigenvalue weighted by molar-refractivity contribution is 0.103. The number of aryl methyl sites for hydroxylation is 1. The van der Waals surface area contributed by atoms with Crippen molar-refractivity contribution in [1.29, 1.82) is 0 Å². The lowest BCUT2D eigenvalue weighted by Gasteiger charge is -2.17. The Hall–Kier alpha value is -2.12. The Morgan fingerprint density at radius 1 is 1.30 bits per heavy atom. The Labute approximate surface area is 140 Å². The van der Waals surface area contributed by atoms with E-state index in [-0.39, 0.29) is 5.91 Å². The zero-order valence-corrected chi connectivity index (χ0v) is 14.1. The quantitative estimate of drug-likeness (QED) is 0.780. The molecule has 1 aliphatic heterocycles. The maximum absolute atomic E-state index is 12.4. The second-order valence-electron chi connectivity index (χ2n) is 5.07. The lowest BCUT2D eigenvalue weighted by Crippen LogP contribution is -2.15. The van der Waals surface area contributed by atoms with Crippen molar-refractivity contribution in [1.82, 2.24) is 4.98 Å². The third-order valence-corrected chi connectivity index (χ3v) is 5.50. The molecule has 0 saturated carbocycles. The number of amides is 1. The number of anilines is 1. The van der Waals surface area contributed by atoms with Crippen molar-refractivity contribution in [3.05, 3.63) is 34.0 Å². The van der Waals surface area contributed by atoms with Crippen LogP contribution in [0.4, 0.5) is 5.13 Å². The van der Waals surface area contributed by atoms with Crippen LogP contribution in [0, 0.1) is 0 Å². The number of thiophene rings is 1. The molecule has 1 aliphatic rings. The SMILES string of the molecule is CCc1ccsc1C(=O)Nc1nc2cc3c(cc2s1)OCCO3. The summed E-state index contributed by atoms with van der Waals surface area (Å²) in [5, 5.41) is 5.42. The lowest BCUT2D eigenvalue weighted by atomic mass is 10.2. The highest BCUT2D eigenvalue weighted by Gasteiger charge is 2.17. The van der Waals surface area contributed by atoms with E-state index in [0.717, 1.165) is 32.8 Å². The first kappa shape index (κ1) is 14.5. The van der Waals surface area contributed by atoms with E-state index in [9.17, 15) is 4.79 Å². The Morgan fingerprint density at radius 3 is 2.87 bits per heavy atom. The summed E-state index contributed by atoms with van der Waals surface area (Å²) >= 11 is 2.89. The fourth-order valence-corrected chi connectivity index (χ4v) is 4.25. The molecule has 1 N–H and O–H groups in total. The summed E-state index contributed by atoms with van der Waals surface area (Å²) in [7, 11) is 0. The smallest absolute Gasteiger partial charge is 0.267 e. The minimum atomic E-state index is -0.104. The predicted molar refractivity (Wildman–Crippen MR) is 92.3 cm³/mol. The van der Waals surface area contributed by atoms with Gasteiger partial charge in [-0.1, -0.05) is 18.3 Å². The molecule has 1 aromatic carbocycles. The first-order chi connectivity index (χ1) is 11.2. The number of rotatable bonds is 3. The van der Waals surface area contributed by atoms with E-state index < -0.39 is 0 Å². The zero-order valence-electron chi connectivity index (χ0n) is 12.4. The van der Waals surface area contributed by atoms with Gasteiger partial charge in [0.25, 0.3) is 5.91 Å². The summed E-state index contributed by atoms with van der Waals surface area (Å²) in [4.78, 5) is 17.6. The van der Waals surface area contributed by atoms with Crippen LogP contribution in [-0.4, -0.2) is 24.1 Å². The number of nitrogens with zero attached hydrogens (tertiary/aromatic N) is 1. The number of hydrogen-bond acceptors (Lipinski definition) is 6. The summed E-state index contributed by atoms with van der Waals surface area (Å²) < 4.78 is 12.1. The van der Waals surface area contributed by atoms with Crippen LogP contribution in [0.25, 0.3) is 10.2 Å². The number of aromatic nitrogens is 1. The fraction of sp³-hybridized carbons (Fsp3) is 0.250. The van der Waals surface area contributed by atoms with Crippen LogP contribution in [0.3, 0.4) is 0 Å². The second kappa shape index (κ2) is 5.82. The third kappa shape index (κ3) is 2.66. The molecule has 2 aromatic heterocycles. The molecule has 1 amide bonds. The number of thiazole rings is 1. The molecule has 7 heteroatoms. The average molecular weight is 346 g/mol. The van der Waals surface area contributed by atoms with E-state index in [1.165, 1.54) is 22.7 Å². The molecule has 0 spiro atoms. The summed E-state index contributed by atoms with van der Waals surface area (Å²) in [6.45, 7) is 3.14. The van der Waals surface area contributed by atoms with Crippen LogP contribution in [0.5, 0.6) is 11.5 Å². The molecular formula is C16H14N2O3S2. The Bertz CT molecular complexity index is 842. The normalized spacial score (nSPS) is 13.3. The topological polar surface area (TPSA) is 60.5 Å². The first-order valence-electron chi connectivity index (χ1n) is 7.32. The van der Waals surface area contributed by atoms with E-state index in [0.29, 0.717) is 24.1 Å². The van der Waals surface area contributed by atoms with Gasteiger partial charge in [-0.2, -0.15) is 0 Å². The van der Waals surface area contributed by atoms with Gasteiger partial charge in [0.05, 0.1) is 15.1 Å². The van der Waals surface area contributed by atoms with Gasteiger partial charge < -0.3 is 9.47 Å². The third-order valence-electron chi connectivity index (χ3n) is 3.61. The largest absolute Gasteiger partial charge is 0.486 e. The first-order valence-corrected chi connectivity index (χ1v) is 9.02. The van der Waals surface area contributed by atoms with Gasteiger partial charge in [-0.3, -0.25) is 10.1 Å². The molecule has 0 unspecified atom stereocenters. The van der Waals surface area contributed by atoms with E-state index in [4.69, 9.17) is 9.47 Å². The van der Waals surface area contributed by atoms with Crippen molar-refractivity contribution in [3.63, 3.8) is 0 Å². The summed E-state index contributed by atoms with van der Waals surface area (Å²) in [6.07, 6.45) is 0.841. The maximum Gasteiger partial charge on any atom is 0.267 e. The molecule has 3 heterocycles. The van der Waals surface area contributed by atoms with E-state index >= 15 is 0 Å². The van der Waals surface area contributed by atoms with Crippen LogP contribution >= 0.6 is 22.7 Å². The van der Waals surface area contributed by atoms with Crippen molar-refractivity contribution in [2.75, 3.05) is 18.5 Å². The molecule has 5 nitrogen and oxygen atoms in total. The van der Waals surface area contributed by atoms with Crippen LogP contribution in [-0.2, 0) is 6.42 Å². The Kier molecular flexibility index (Phi) is 3.66. The van der Waals surface area contributed by atoms with Crippen molar-refractivity contribution in [3.8, 4) is 11.5 Å². The van der Waals surface area contributed by atoms with Gasteiger partial charge in [0.2, 0.25) is 0 Å². The number of fused-ring (bicyclic) bond motifs is 2. The number of hydrogen-bond donors (Lipinski definition) is 1. The molecule has 118 valence electrons. The molecule has 0 fully saturated rings. The summed E-state index contributed by atoms with van der Waals surface area (Å²) in [5.74, 6) is 1.34. The van der Waals surface area contributed by atoms with Gasteiger partial charge in [0.15, 0.2) is 16.6 Å². The second-order valence-corrected chi connectivity index (χ2v) is 7.01. The molecule has 3 aromatic rings. The van der Waals surface area contributed by atoms with Gasteiger partial charge in [-0.05, 0) is 23.4 Å². The van der Waals surface area contributed by atoms with E-state index in [1.54, 1.807) is 0 Å². The van der Waals surface area contributed by atoms with Gasteiger partial charge >= 0.3 is 0 Å². The highest BCUT2D eigenvalue weighted by Crippen LogP contribution is 2.38. The van der Waals surface area contributed by atoms with Crippen molar-refractivity contribution in [2.24, 2.45) is 0 Å². The monoisotopic (exact) mass is 346 g/mol. The maximum atomic E-state index is 12.4. The van der Waals surface area contributed by atoms with Crippen molar-refractivity contribution in [2.45, 2.75) is 13.3 Å². The molecular weight excluding hydrogens is 332 g/mol. The number of ether oxygens (including phenoxy) is 2. The summed E-state index contributed by atoms with van der Waals surface area (Å²) in [5.41, 5.74) is 1.86. The van der Waals surface area contributed by atoms with Gasteiger partial charge in [0, 0.05) is 12.1 Å². The Morgan fingerprint density at radius 2 is 2.09 bits per heavy atom. The minimum absolute atomic E-state index is 0.104. The fourth-order valence-electron chi connectivity index (χ4n) is 2.49. The average Bonchev–Trinajstić information content (AvgIpc) is 3.18. The standard InChI is InChI=1S/C16H14N2O3S2/c1-2-9-3-6-22-14(9)15(19)18-16-17-10-7-11-12(8-13(10)23-16)21-5-4-20-11/h3,6-8H,2,4-5H2,1H3,(H,17,18,19). The van der Waals surface area contributed by atoms with E-state index in [2.05, 4.69) is 10.3 Å². The molecule has 0 bridgehead atoms. The van der Waals surface area contributed by atoms with Crippen molar-refractivity contribution >= 4 is 43.9 Å². The van der Waals surface area contributed by atoms with E-state index in [1.807, 2.05) is 30.5 Å². The molecule has 0 saturated heterocycles. The minimum Gasteiger partial charge on any atom is -0.486 e. The van der Waals surface area contributed by atoms with Crippen LogP contribution in [0.15, 0.2) is 23.6 Å². The van der Waals surface area contributed by atoms with Gasteiger partial charge in [0.1, 0.15) is 13.2 Å². The molecule has 0 atom stereocenters. The van der Waals surface area contributed by atoms with Crippen LogP contribution < -0.4 is 14.8 Å². The highest BCUT2D eigenvalue weighted by atomic mass is 32.1. The van der Waals surface area contributed by atoms with Crippen LogP contribution in [0.2, 0.25) is 0 Å². The van der Waals surface area contributed by atoms with Gasteiger partial charge in [-0.25, -0.2) is 4.98 Å². The van der Waals surface area contributed by atoms with Crippen molar-refractivity contribution < 1.29 is 14.3 Å². The molecule has 23 heavy (non-hydrogen) atoms. The molecule has 0 aliphatic carbocycles. The molecule has 4 rings (SSSR count). The molecule has 0 radical (unpaired) electrons. The number of nitrogens with one attached hydrogen (secondary N) is 1. The number of benzene rings is 1. The van der Waals surface area contributed by atoms with Crippen LogP contribution in [0.1, 0.15) is 22.2 Å². The zero-order chi connectivity index (χ0) is 15.8. The summed E-state index contributed by atoms with van der Waals surface area (Å²) in [6, 6.07) is 5.76. The highest BCUT2D eigenvalue weighted by molar-refractivity contribution is 7.22. The Balaban J connectivity index is 1.63.